The number of thiol groups is 1. The summed E-state index contributed by atoms with van der Waals surface area (Å²) in [4.78, 5) is 10.1. The summed E-state index contributed by atoms with van der Waals surface area (Å²) >= 11 is 7.65. The van der Waals surface area contributed by atoms with E-state index in [9.17, 15) is 4.79 Å². The molecular weight excluding hydrogens is 168 g/mol. The van der Waals surface area contributed by atoms with Gasteiger partial charge in [-0.2, -0.15) is 0 Å². The largest absolute Gasteiger partial charge is 0.385 e. The fourth-order valence-corrected chi connectivity index (χ4v) is 0.377. The summed E-state index contributed by atoms with van der Waals surface area (Å²) in [6, 6.07) is 0. The van der Waals surface area contributed by atoms with Crippen molar-refractivity contribution >= 4 is 35.1 Å². The van der Waals surface area contributed by atoms with Crippen LogP contribution < -0.4 is 11.1 Å². The van der Waals surface area contributed by atoms with Gasteiger partial charge in [-0.3, -0.25) is 4.79 Å². The van der Waals surface area contributed by atoms with Crippen LogP contribution in [-0.4, -0.2) is 10.2 Å². The first-order valence-corrected chi connectivity index (χ1v) is 3.41. The van der Waals surface area contributed by atoms with Crippen molar-refractivity contribution < 1.29 is 4.79 Å². The Morgan fingerprint density at radius 1 is 1.90 bits per heavy atom. The SMILES string of the molecule is NC(=S)S.O=C1CC=CN1. The number of carbonyl (C=O) groups excluding carboxylic acids is 1. The summed E-state index contributed by atoms with van der Waals surface area (Å²) in [5, 5.41) is 2.50. The molecule has 0 aromatic heterocycles. The topological polar surface area (TPSA) is 55.1 Å². The molecule has 0 spiro atoms. The number of amides is 1. The van der Waals surface area contributed by atoms with E-state index in [1.54, 1.807) is 12.3 Å². The quantitative estimate of drug-likeness (QED) is 0.364. The second-order valence-corrected chi connectivity index (χ2v) is 2.74. The van der Waals surface area contributed by atoms with Crippen molar-refractivity contribution in [2.24, 2.45) is 5.73 Å². The summed E-state index contributed by atoms with van der Waals surface area (Å²) in [6.45, 7) is 0. The summed E-state index contributed by atoms with van der Waals surface area (Å²) in [5.41, 5.74) is 4.71. The van der Waals surface area contributed by atoms with Gasteiger partial charge in [0.15, 0.2) is 0 Å². The highest BCUT2D eigenvalue weighted by Gasteiger charge is 1.97. The molecule has 0 saturated carbocycles. The lowest BCUT2D eigenvalue weighted by Gasteiger charge is -1.78. The standard InChI is InChI=1S/C4H5NO.CH3NS2/c6-4-2-1-3-5-4;2-1(3)4/h1,3H,2H2,(H,5,6);(H3,2,3,4). The van der Waals surface area contributed by atoms with Crippen molar-refractivity contribution in [3.63, 3.8) is 0 Å². The third-order valence-corrected chi connectivity index (χ3v) is 0.665. The molecule has 0 unspecified atom stereocenters. The fraction of sp³-hybridized carbons (Fsp3) is 0.200. The van der Waals surface area contributed by atoms with Gasteiger partial charge in [0.1, 0.15) is 4.32 Å². The van der Waals surface area contributed by atoms with Crippen LogP contribution in [0.1, 0.15) is 6.42 Å². The Kier molecular flexibility index (Phi) is 4.96. The fourth-order valence-electron chi connectivity index (χ4n) is 0.377. The van der Waals surface area contributed by atoms with Crippen LogP contribution in [-0.2, 0) is 4.79 Å². The highest BCUT2D eigenvalue weighted by atomic mass is 32.1. The Bertz CT molecular complexity index is 153. The van der Waals surface area contributed by atoms with Gasteiger partial charge in [-0.25, -0.2) is 0 Å². The van der Waals surface area contributed by atoms with Crippen molar-refractivity contribution in [2.45, 2.75) is 6.42 Å². The van der Waals surface area contributed by atoms with Crippen molar-refractivity contribution in [1.29, 1.82) is 0 Å². The van der Waals surface area contributed by atoms with E-state index in [1.807, 2.05) is 0 Å². The van der Waals surface area contributed by atoms with E-state index in [0.29, 0.717) is 6.42 Å². The maximum absolute atomic E-state index is 10.1. The minimum Gasteiger partial charge on any atom is -0.385 e. The minimum absolute atomic E-state index is 0.0926. The monoisotopic (exact) mass is 176 g/mol. The van der Waals surface area contributed by atoms with Gasteiger partial charge in [-0.15, -0.1) is 12.6 Å². The predicted octanol–water partition coefficient (Wildman–Crippen LogP) is 0.180. The smallest absolute Gasteiger partial charge is 0.227 e. The van der Waals surface area contributed by atoms with Crippen LogP contribution in [0.3, 0.4) is 0 Å². The van der Waals surface area contributed by atoms with E-state index in [0.717, 1.165) is 0 Å². The Morgan fingerprint density at radius 3 is 2.50 bits per heavy atom. The van der Waals surface area contributed by atoms with Gasteiger partial charge >= 0.3 is 0 Å². The molecule has 0 radical (unpaired) electrons. The molecular formula is C5H8N2OS2. The van der Waals surface area contributed by atoms with Crippen LogP contribution >= 0.6 is 24.8 Å². The van der Waals surface area contributed by atoms with Crippen LogP contribution in [0.15, 0.2) is 12.3 Å². The van der Waals surface area contributed by atoms with Gasteiger partial charge in [0, 0.05) is 12.6 Å². The predicted molar refractivity (Wildman–Crippen MR) is 47.7 cm³/mol. The lowest BCUT2D eigenvalue weighted by Crippen LogP contribution is -2.08. The maximum Gasteiger partial charge on any atom is 0.227 e. The molecule has 0 aromatic carbocycles. The minimum atomic E-state index is 0.0926. The number of nitrogens with one attached hydrogen (secondary N) is 1. The van der Waals surface area contributed by atoms with E-state index >= 15 is 0 Å². The van der Waals surface area contributed by atoms with Crippen LogP contribution in [0.4, 0.5) is 0 Å². The number of hydrogen-bond acceptors (Lipinski definition) is 2. The van der Waals surface area contributed by atoms with Gasteiger partial charge in [0.25, 0.3) is 0 Å². The zero-order chi connectivity index (χ0) is 7.98. The molecule has 56 valence electrons. The summed E-state index contributed by atoms with van der Waals surface area (Å²) in [6.07, 6.45) is 4.00. The average Bonchev–Trinajstić information content (AvgIpc) is 2.15. The molecule has 0 bridgehead atoms. The first-order valence-electron chi connectivity index (χ1n) is 2.55. The molecule has 1 aliphatic rings. The van der Waals surface area contributed by atoms with E-state index < -0.39 is 0 Å². The van der Waals surface area contributed by atoms with Gasteiger partial charge in [0.2, 0.25) is 5.91 Å². The zero-order valence-electron chi connectivity index (χ0n) is 5.20. The number of rotatable bonds is 0. The van der Waals surface area contributed by atoms with Gasteiger partial charge in [-0.1, -0.05) is 18.3 Å². The second kappa shape index (κ2) is 5.25. The number of nitrogens with two attached hydrogens (primary N) is 1. The highest BCUT2D eigenvalue weighted by molar-refractivity contribution is 8.10. The molecule has 0 fully saturated rings. The van der Waals surface area contributed by atoms with Crippen molar-refractivity contribution in [1.82, 2.24) is 5.32 Å². The average molecular weight is 176 g/mol. The third-order valence-electron chi connectivity index (χ3n) is 0.665. The maximum atomic E-state index is 10.1. The second-order valence-electron chi connectivity index (χ2n) is 1.51. The molecule has 0 atom stereocenters. The Hall–Kier alpha value is -0.550. The Balaban J connectivity index is 0.000000180. The van der Waals surface area contributed by atoms with Crippen molar-refractivity contribution in [3.05, 3.63) is 12.3 Å². The molecule has 1 rings (SSSR count). The molecule has 0 aromatic rings. The molecule has 5 heteroatoms. The molecule has 1 aliphatic heterocycles. The van der Waals surface area contributed by atoms with E-state index in [-0.39, 0.29) is 10.2 Å². The third kappa shape index (κ3) is 7.45. The van der Waals surface area contributed by atoms with Gasteiger partial charge in [0.05, 0.1) is 0 Å². The first kappa shape index (κ1) is 9.45. The highest BCUT2D eigenvalue weighted by Crippen LogP contribution is 1.87. The van der Waals surface area contributed by atoms with Crippen LogP contribution in [0.5, 0.6) is 0 Å². The van der Waals surface area contributed by atoms with Crippen LogP contribution in [0.25, 0.3) is 0 Å². The summed E-state index contributed by atoms with van der Waals surface area (Å²) in [5.74, 6) is 0.0926. The normalized spacial score (nSPS) is 13.5. The number of hydrogen-bond donors (Lipinski definition) is 3. The molecule has 3 nitrogen and oxygen atoms in total. The van der Waals surface area contributed by atoms with E-state index in [2.05, 4.69) is 30.2 Å². The zero-order valence-corrected chi connectivity index (χ0v) is 6.91. The van der Waals surface area contributed by atoms with Crippen molar-refractivity contribution in [3.8, 4) is 0 Å². The van der Waals surface area contributed by atoms with Gasteiger partial charge < -0.3 is 11.1 Å². The molecule has 10 heavy (non-hydrogen) atoms. The molecule has 1 heterocycles. The molecule has 1 amide bonds. The lowest BCUT2D eigenvalue weighted by atomic mass is 10.5. The molecule has 3 N–H and O–H groups in total. The number of thiocarbonyl (C=S) groups is 1. The summed E-state index contributed by atoms with van der Waals surface area (Å²) < 4.78 is 0.194. The lowest BCUT2D eigenvalue weighted by molar-refractivity contribution is -0.118. The van der Waals surface area contributed by atoms with Gasteiger partial charge in [-0.05, 0) is 0 Å². The van der Waals surface area contributed by atoms with Crippen molar-refractivity contribution in [2.75, 3.05) is 0 Å². The van der Waals surface area contributed by atoms with Crippen LogP contribution in [0, 0.1) is 0 Å². The number of carbonyl (C=O) groups is 1. The molecule has 0 aliphatic carbocycles. The molecule has 0 saturated heterocycles. The first-order chi connectivity index (χ1) is 4.63. The Morgan fingerprint density at radius 2 is 2.40 bits per heavy atom. The van der Waals surface area contributed by atoms with E-state index in [4.69, 9.17) is 5.73 Å². The Labute approximate surface area is 70.1 Å². The van der Waals surface area contributed by atoms with Crippen LogP contribution in [0.2, 0.25) is 0 Å². The van der Waals surface area contributed by atoms with E-state index in [1.165, 1.54) is 0 Å². The summed E-state index contributed by atoms with van der Waals surface area (Å²) in [7, 11) is 0.